The third-order valence-electron chi connectivity index (χ3n) is 16.1. The number of likely N-dealkylation sites (tertiary alicyclic amines) is 1. The van der Waals surface area contributed by atoms with Gasteiger partial charge in [0.25, 0.3) is 0 Å². The van der Waals surface area contributed by atoms with Gasteiger partial charge in [-0.15, -0.1) is 5.53 Å². The number of aryl methyl sites for hydroxylation is 1. The molecule has 0 radical (unpaired) electrons. The predicted octanol–water partition coefficient (Wildman–Crippen LogP) is 3.12. The molecule has 4 atom stereocenters. The summed E-state index contributed by atoms with van der Waals surface area (Å²) in [5.41, 5.74) is 9.80. The van der Waals surface area contributed by atoms with E-state index >= 15 is 4.39 Å². The topological polar surface area (TPSA) is 292 Å². The first-order chi connectivity index (χ1) is 39.3. The number of amides is 5. The first-order valence-corrected chi connectivity index (χ1v) is 28.0. The zero-order chi connectivity index (χ0) is 58.4. The average Bonchev–Trinajstić information content (AvgIpc) is 1.89. The third kappa shape index (κ3) is 13.0. The molecule has 1 saturated heterocycles. The average molecular weight is 1130 g/mol. The number of halogens is 1. The number of hydrazine groups is 2. The number of Topliss-reactive ketones (excluding diaryl/α,β-unsaturated/α-hetero) is 3. The van der Waals surface area contributed by atoms with E-state index in [9.17, 15) is 53.1 Å². The van der Waals surface area contributed by atoms with Crippen LogP contribution in [0.4, 0.5) is 4.39 Å². The maximum atomic E-state index is 15.4. The minimum absolute atomic E-state index is 0.0353. The number of unbranched alkanes of at least 4 members (excludes halogenated alkanes) is 2. The van der Waals surface area contributed by atoms with Crippen molar-refractivity contribution in [3.63, 3.8) is 0 Å². The van der Waals surface area contributed by atoms with E-state index in [0.29, 0.717) is 73.4 Å². The van der Waals surface area contributed by atoms with Gasteiger partial charge in [0.15, 0.2) is 23.0 Å². The molecule has 434 valence electrons. The Hall–Kier alpha value is -8.02. The number of rotatable bonds is 27. The number of pyridine rings is 1. The smallest absolute Gasteiger partial charge is 0.350 e. The molecule has 3 aromatic rings. The van der Waals surface area contributed by atoms with Gasteiger partial charge in [-0.25, -0.2) is 19.0 Å². The van der Waals surface area contributed by atoms with Crippen LogP contribution in [0.3, 0.4) is 0 Å². The van der Waals surface area contributed by atoms with E-state index < -0.39 is 47.0 Å². The zero-order valence-electron chi connectivity index (χ0n) is 46.2. The molecule has 1 fully saturated rings. The number of imide groups is 1. The van der Waals surface area contributed by atoms with Gasteiger partial charge in [-0.1, -0.05) is 50.6 Å². The fourth-order valence-electron chi connectivity index (χ4n) is 11.6. The van der Waals surface area contributed by atoms with Crippen LogP contribution < -0.4 is 26.9 Å². The predicted molar refractivity (Wildman–Crippen MR) is 291 cm³/mol. The van der Waals surface area contributed by atoms with Gasteiger partial charge >= 0.3 is 11.9 Å². The molecule has 5 aliphatic heterocycles. The molecule has 5 amide bonds. The number of esters is 2. The summed E-state index contributed by atoms with van der Waals surface area (Å²) in [6.45, 7) is 5.20. The second-order valence-electron chi connectivity index (χ2n) is 21.9. The van der Waals surface area contributed by atoms with Gasteiger partial charge in [0, 0.05) is 92.7 Å². The van der Waals surface area contributed by atoms with E-state index in [1.807, 2.05) is 23.1 Å². The molecule has 6 N–H and O–H groups in total. The molecule has 6 aliphatic rings. The molecule has 1 unspecified atom stereocenters. The molecule has 1 aliphatic carbocycles. The van der Waals surface area contributed by atoms with Crippen LogP contribution >= 0.6 is 0 Å². The Bertz CT molecular complexity index is 3230. The van der Waals surface area contributed by atoms with Crippen LogP contribution in [0.5, 0.6) is 0 Å². The minimum Gasteiger partial charge on any atom is -0.387 e. The summed E-state index contributed by atoms with van der Waals surface area (Å²) in [6, 6.07) is 9.42. The van der Waals surface area contributed by atoms with E-state index in [-0.39, 0.29) is 143 Å². The number of fused-ring (bicyclic) bond motifs is 4. The fraction of sp³-hybridized carbons (Fsp3) is 0.475. The lowest BCUT2D eigenvalue weighted by atomic mass is 9.76. The fourth-order valence-corrected chi connectivity index (χ4v) is 11.6. The molecular formula is C59H68FN9O13. The number of nitrogens with zero attached hydrogens (tertiary/aromatic N) is 4. The molecule has 9 rings (SSSR count). The highest BCUT2D eigenvalue weighted by Crippen LogP contribution is 2.49. The number of ketones is 3. The summed E-state index contributed by atoms with van der Waals surface area (Å²) in [5.74, 6) is -5.34. The maximum absolute atomic E-state index is 15.4. The molecule has 1 aromatic heterocycles. The Morgan fingerprint density at radius 1 is 0.939 bits per heavy atom. The molecular weight excluding hydrogens is 1060 g/mol. The van der Waals surface area contributed by atoms with Gasteiger partial charge < -0.3 is 40.9 Å². The number of hydrogen-bond acceptors (Lipinski definition) is 18. The van der Waals surface area contributed by atoms with Crippen molar-refractivity contribution in [1.82, 2.24) is 46.7 Å². The van der Waals surface area contributed by atoms with E-state index in [2.05, 4.69) is 26.9 Å². The lowest BCUT2D eigenvalue weighted by Gasteiger charge is -2.36. The van der Waals surface area contributed by atoms with E-state index in [1.165, 1.54) is 16.0 Å². The van der Waals surface area contributed by atoms with E-state index in [1.54, 1.807) is 45.2 Å². The Morgan fingerprint density at radius 2 is 1.71 bits per heavy atom. The van der Waals surface area contributed by atoms with Gasteiger partial charge in [-0.05, 0) is 79.7 Å². The van der Waals surface area contributed by atoms with Gasteiger partial charge in [0.1, 0.15) is 19.2 Å². The molecule has 82 heavy (non-hydrogen) atoms. The normalized spacial score (nSPS) is 20.2. The van der Waals surface area contributed by atoms with Crippen molar-refractivity contribution in [2.24, 2.45) is 5.92 Å². The van der Waals surface area contributed by atoms with Crippen molar-refractivity contribution in [1.29, 1.82) is 0 Å². The van der Waals surface area contributed by atoms with Crippen molar-refractivity contribution in [3.05, 3.63) is 105 Å². The molecule has 2 aromatic carbocycles. The highest BCUT2D eigenvalue weighted by molar-refractivity contribution is 6.08. The van der Waals surface area contributed by atoms with Crippen molar-refractivity contribution in [2.45, 2.75) is 135 Å². The number of aromatic nitrogens is 1. The summed E-state index contributed by atoms with van der Waals surface area (Å²) >= 11 is 0. The van der Waals surface area contributed by atoms with E-state index in [0.717, 1.165) is 27.6 Å². The van der Waals surface area contributed by atoms with Crippen molar-refractivity contribution in [2.75, 3.05) is 39.5 Å². The van der Waals surface area contributed by atoms with Crippen LogP contribution in [0.25, 0.3) is 16.6 Å². The molecule has 0 saturated carbocycles. The standard InChI is InChI=1S/C59H68FN9O13/c1-4-59(80)43-24-47-55-42(30-67(47)29-41(43)57(78)82-58(59)79)53-36(14-16-40-34(3)44(60)25-46(64-55)54(40)53)23-39(71)31-81-32-62-50(74)19-17-48(72)45(22-35-11-7-5-8-12-35)63-51(75)18-15-38(70)28-68-27-37(65-66-68)26-61-49(73)13-9-6-10-20-69-52(76)21-33(2)56(69)77/h5,7-8,11-12,24-25,27,33,36,45,65-66,80H,4,6,9-10,13-23,26,28-32H2,1-3H3,(H,61,73)(H,62,74)(H,63,75)/t33?,36-,45+,59+/m1/s1. The van der Waals surface area contributed by atoms with Crippen LogP contribution in [0.15, 0.2) is 65.5 Å². The Labute approximate surface area is 472 Å². The summed E-state index contributed by atoms with van der Waals surface area (Å²) in [5, 5.41) is 21.8. The SMILES string of the molecule is CC[C@@]1(O)C(=O)OC(=O)C2=C1C=C1c3nc4cc(F)c(C)c5c4c(c3CN1C2)[C@@H](CC(=O)COCNC(=O)CCC(=O)[C@H](Cc1ccccc1)NC(=O)CCC(=O)CN1C=C(CNC(=O)CCCCCN2C(=O)CC(C)C2=O)NN1)CC5. The Kier molecular flexibility index (Phi) is 18.2. The van der Waals surface area contributed by atoms with Crippen LogP contribution in [0.1, 0.15) is 130 Å². The van der Waals surface area contributed by atoms with Crippen LogP contribution in [0, 0.1) is 18.7 Å². The largest absolute Gasteiger partial charge is 0.387 e. The summed E-state index contributed by atoms with van der Waals surface area (Å²) in [4.78, 5) is 137. The molecule has 23 heteroatoms. The highest BCUT2D eigenvalue weighted by Gasteiger charge is 2.50. The summed E-state index contributed by atoms with van der Waals surface area (Å²) < 4.78 is 26.0. The second-order valence-corrected chi connectivity index (χ2v) is 21.9. The number of hydrogen-bond donors (Lipinski definition) is 6. The van der Waals surface area contributed by atoms with Crippen LogP contribution in [0.2, 0.25) is 0 Å². The van der Waals surface area contributed by atoms with Crippen molar-refractivity contribution >= 4 is 75.4 Å². The highest BCUT2D eigenvalue weighted by atomic mass is 19.1. The second kappa shape index (κ2) is 25.4. The van der Waals surface area contributed by atoms with Crippen molar-refractivity contribution in [3.8, 4) is 0 Å². The lowest BCUT2D eigenvalue weighted by Crippen LogP contribution is -2.49. The number of nitrogens with one attached hydrogen (secondary N) is 5. The van der Waals surface area contributed by atoms with Gasteiger partial charge in [-0.3, -0.25) is 48.3 Å². The Morgan fingerprint density at radius 3 is 2.46 bits per heavy atom. The molecule has 0 spiro atoms. The first kappa shape index (κ1) is 58.6. The van der Waals surface area contributed by atoms with Crippen LogP contribution in [-0.4, -0.2) is 135 Å². The number of aliphatic hydroxyl groups is 1. The molecule has 0 bridgehead atoms. The van der Waals surface area contributed by atoms with Crippen LogP contribution in [-0.2, 0) is 76.8 Å². The number of carbonyl (C=O) groups excluding carboxylic acids is 10. The number of cyclic esters (lactones) is 2. The lowest BCUT2D eigenvalue weighted by molar-refractivity contribution is -0.172. The molecule has 6 heterocycles. The summed E-state index contributed by atoms with van der Waals surface area (Å²) in [6.07, 6.45) is 6.05. The number of benzene rings is 2. The minimum atomic E-state index is -2.04. The summed E-state index contributed by atoms with van der Waals surface area (Å²) in [7, 11) is 0. The quantitative estimate of drug-likeness (QED) is 0.0210. The molecule has 22 nitrogen and oxygen atoms in total. The van der Waals surface area contributed by atoms with Gasteiger partial charge in [-0.2, -0.15) is 0 Å². The van der Waals surface area contributed by atoms with E-state index in [4.69, 9.17) is 14.5 Å². The number of carbonyl (C=O) groups is 10. The number of ether oxygens (including phenoxy) is 2. The Balaban J connectivity index is 0.713. The first-order valence-electron chi connectivity index (χ1n) is 28.0. The van der Waals surface area contributed by atoms with Gasteiger partial charge in [0.2, 0.25) is 29.5 Å². The zero-order valence-corrected chi connectivity index (χ0v) is 46.2. The maximum Gasteiger partial charge on any atom is 0.350 e. The monoisotopic (exact) mass is 1130 g/mol. The van der Waals surface area contributed by atoms with Gasteiger partial charge in [0.05, 0.1) is 53.9 Å². The third-order valence-corrected chi connectivity index (χ3v) is 16.1. The van der Waals surface area contributed by atoms with Crippen molar-refractivity contribution < 1.29 is 66.9 Å².